The molecule has 1 aliphatic carbocycles. The van der Waals surface area contributed by atoms with Gasteiger partial charge in [0.1, 0.15) is 0 Å². The largest absolute Gasteiger partial charge is 0.396 e. The van der Waals surface area contributed by atoms with Crippen LogP contribution in [-0.2, 0) is 4.74 Å². The first-order valence-corrected chi connectivity index (χ1v) is 6.06. The van der Waals surface area contributed by atoms with Gasteiger partial charge in [0.2, 0.25) is 0 Å². The second kappa shape index (κ2) is 4.63. The van der Waals surface area contributed by atoms with Crippen molar-refractivity contribution >= 4 is 0 Å². The van der Waals surface area contributed by atoms with E-state index in [0.717, 1.165) is 5.92 Å². The summed E-state index contributed by atoms with van der Waals surface area (Å²) in [6.45, 7) is 2.55. The third-order valence-electron chi connectivity index (χ3n) is 3.87. The zero-order valence-electron chi connectivity index (χ0n) is 9.11. The smallest absolute Gasteiger partial charge is 0.0608 e. The van der Waals surface area contributed by atoms with Crippen molar-refractivity contribution in [3.8, 4) is 0 Å². The zero-order chi connectivity index (χ0) is 9.97. The van der Waals surface area contributed by atoms with E-state index < -0.39 is 0 Å². The number of aliphatic hydroxyl groups excluding tert-OH is 1. The summed E-state index contributed by atoms with van der Waals surface area (Å²) >= 11 is 0. The molecule has 2 rings (SSSR count). The van der Waals surface area contributed by atoms with Crippen molar-refractivity contribution in [3.05, 3.63) is 0 Å². The minimum Gasteiger partial charge on any atom is -0.396 e. The Kier molecular flexibility index (Phi) is 3.45. The summed E-state index contributed by atoms with van der Waals surface area (Å²) in [5, 5.41) is 9.16. The molecule has 1 aliphatic heterocycles. The molecule has 1 saturated carbocycles. The van der Waals surface area contributed by atoms with E-state index in [1.54, 1.807) is 0 Å². The van der Waals surface area contributed by atoms with Crippen LogP contribution in [0.3, 0.4) is 0 Å². The van der Waals surface area contributed by atoms with Crippen LogP contribution in [0.15, 0.2) is 0 Å². The lowest BCUT2D eigenvalue weighted by molar-refractivity contribution is -0.00356. The average molecular weight is 198 g/mol. The van der Waals surface area contributed by atoms with E-state index in [4.69, 9.17) is 9.84 Å². The first-order chi connectivity index (χ1) is 6.79. The lowest BCUT2D eigenvalue weighted by atomic mass is 9.78. The van der Waals surface area contributed by atoms with E-state index in [9.17, 15) is 0 Å². The Morgan fingerprint density at radius 1 is 1.21 bits per heavy atom. The van der Waals surface area contributed by atoms with Crippen LogP contribution in [0.1, 0.15) is 45.4 Å². The van der Waals surface area contributed by atoms with E-state index in [1.165, 1.54) is 38.5 Å². The lowest BCUT2D eigenvalue weighted by Gasteiger charge is -2.31. The minimum atomic E-state index is 0.374. The quantitative estimate of drug-likeness (QED) is 0.738. The highest BCUT2D eigenvalue weighted by atomic mass is 16.5. The normalized spacial score (nSPS) is 44.1. The molecule has 4 unspecified atom stereocenters. The van der Waals surface area contributed by atoms with Crippen LogP contribution < -0.4 is 0 Å². The molecule has 2 nitrogen and oxygen atoms in total. The van der Waals surface area contributed by atoms with E-state index in [0.29, 0.717) is 24.7 Å². The molecular formula is C12H22O2. The van der Waals surface area contributed by atoms with Gasteiger partial charge in [0.25, 0.3) is 0 Å². The van der Waals surface area contributed by atoms with Gasteiger partial charge in [-0.2, -0.15) is 0 Å². The third-order valence-corrected chi connectivity index (χ3v) is 3.87. The van der Waals surface area contributed by atoms with Crippen molar-refractivity contribution in [2.75, 3.05) is 6.61 Å². The second-order valence-electron chi connectivity index (χ2n) is 5.04. The van der Waals surface area contributed by atoms with Crippen molar-refractivity contribution in [2.45, 2.75) is 57.7 Å². The molecule has 1 heterocycles. The molecule has 0 amide bonds. The number of ether oxygens (including phenoxy) is 1. The van der Waals surface area contributed by atoms with E-state index in [1.807, 2.05) is 0 Å². The Bertz CT molecular complexity index is 181. The maximum atomic E-state index is 9.16. The van der Waals surface area contributed by atoms with Gasteiger partial charge in [-0.25, -0.2) is 0 Å². The number of hydrogen-bond donors (Lipinski definition) is 1. The molecule has 0 aromatic rings. The molecule has 82 valence electrons. The van der Waals surface area contributed by atoms with Crippen LogP contribution in [0.4, 0.5) is 0 Å². The van der Waals surface area contributed by atoms with E-state index >= 15 is 0 Å². The maximum absolute atomic E-state index is 9.16. The molecule has 2 fully saturated rings. The van der Waals surface area contributed by atoms with Crippen LogP contribution >= 0.6 is 0 Å². The molecule has 1 N–H and O–H groups in total. The molecule has 2 aliphatic rings. The molecule has 0 spiro atoms. The van der Waals surface area contributed by atoms with Gasteiger partial charge in [-0.1, -0.05) is 6.42 Å². The Morgan fingerprint density at radius 3 is 2.71 bits per heavy atom. The van der Waals surface area contributed by atoms with Crippen LogP contribution in [0.25, 0.3) is 0 Å². The second-order valence-corrected chi connectivity index (χ2v) is 5.04. The highest BCUT2D eigenvalue weighted by molar-refractivity contribution is 4.82. The van der Waals surface area contributed by atoms with Crippen LogP contribution in [0.2, 0.25) is 0 Å². The Balaban J connectivity index is 1.84. The molecule has 4 atom stereocenters. The summed E-state index contributed by atoms with van der Waals surface area (Å²) in [6.07, 6.45) is 8.43. The summed E-state index contributed by atoms with van der Waals surface area (Å²) in [6, 6.07) is 0. The first kappa shape index (κ1) is 10.4. The standard InChI is InChI=1S/C12H22O2/c1-9-5-6-12(14-9)11-4-2-3-10(7-11)8-13/h9-13H,2-8H2,1H3. The number of aliphatic hydroxyl groups is 1. The topological polar surface area (TPSA) is 29.5 Å². The van der Waals surface area contributed by atoms with Crippen molar-refractivity contribution in [1.29, 1.82) is 0 Å². The van der Waals surface area contributed by atoms with Gasteiger partial charge in [0, 0.05) is 6.61 Å². The van der Waals surface area contributed by atoms with E-state index in [-0.39, 0.29) is 0 Å². The monoisotopic (exact) mass is 198 g/mol. The van der Waals surface area contributed by atoms with Gasteiger partial charge in [-0.15, -0.1) is 0 Å². The van der Waals surface area contributed by atoms with Crippen LogP contribution in [0.5, 0.6) is 0 Å². The molecule has 0 bridgehead atoms. The third kappa shape index (κ3) is 2.29. The average Bonchev–Trinajstić information content (AvgIpc) is 2.65. The van der Waals surface area contributed by atoms with Gasteiger partial charge in [0.05, 0.1) is 12.2 Å². The maximum Gasteiger partial charge on any atom is 0.0608 e. The predicted molar refractivity (Wildman–Crippen MR) is 56.1 cm³/mol. The predicted octanol–water partition coefficient (Wildman–Crippen LogP) is 2.35. The molecule has 0 aromatic carbocycles. The Hall–Kier alpha value is -0.0800. The Labute approximate surface area is 86.6 Å². The van der Waals surface area contributed by atoms with E-state index in [2.05, 4.69) is 6.92 Å². The van der Waals surface area contributed by atoms with Crippen LogP contribution in [-0.4, -0.2) is 23.9 Å². The van der Waals surface area contributed by atoms with Crippen molar-refractivity contribution in [1.82, 2.24) is 0 Å². The first-order valence-electron chi connectivity index (χ1n) is 6.06. The van der Waals surface area contributed by atoms with Crippen molar-refractivity contribution in [3.63, 3.8) is 0 Å². The van der Waals surface area contributed by atoms with Gasteiger partial charge < -0.3 is 9.84 Å². The SMILES string of the molecule is CC1CCC(C2CCCC(CO)C2)O1. The summed E-state index contributed by atoms with van der Waals surface area (Å²) in [7, 11) is 0. The van der Waals surface area contributed by atoms with Gasteiger partial charge in [-0.05, 0) is 50.9 Å². The van der Waals surface area contributed by atoms with Gasteiger partial charge in [-0.3, -0.25) is 0 Å². The molecule has 0 aromatic heterocycles. The molecule has 0 radical (unpaired) electrons. The summed E-state index contributed by atoms with van der Waals surface area (Å²) in [5.41, 5.74) is 0. The fourth-order valence-corrected chi connectivity index (χ4v) is 3.02. The van der Waals surface area contributed by atoms with Crippen molar-refractivity contribution in [2.24, 2.45) is 11.8 Å². The number of rotatable bonds is 2. The fourth-order valence-electron chi connectivity index (χ4n) is 3.02. The lowest BCUT2D eigenvalue weighted by Crippen LogP contribution is -2.28. The fraction of sp³-hybridized carbons (Fsp3) is 1.00. The van der Waals surface area contributed by atoms with Crippen LogP contribution in [0, 0.1) is 11.8 Å². The molecule has 1 saturated heterocycles. The van der Waals surface area contributed by atoms with Gasteiger partial charge in [0.15, 0.2) is 0 Å². The zero-order valence-corrected chi connectivity index (χ0v) is 9.11. The summed E-state index contributed by atoms with van der Waals surface area (Å²) in [4.78, 5) is 0. The highest BCUT2D eigenvalue weighted by Crippen LogP contribution is 2.36. The summed E-state index contributed by atoms with van der Waals surface area (Å²) in [5.74, 6) is 1.28. The molecular weight excluding hydrogens is 176 g/mol. The highest BCUT2D eigenvalue weighted by Gasteiger charge is 2.32. The van der Waals surface area contributed by atoms with Gasteiger partial charge >= 0.3 is 0 Å². The Morgan fingerprint density at radius 2 is 2.07 bits per heavy atom. The molecule has 2 heteroatoms. The summed E-state index contributed by atoms with van der Waals surface area (Å²) < 4.78 is 5.91. The minimum absolute atomic E-state index is 0.374. The number of hydrogen-bond acceptors (Lipinski definition) is 2. The molecule has 14 heavy (non-hydrogen) atoms. The van der Waals surface area contributed by atoms with Crippen molar-refractivity contribution < 1.29 is 9.84 Å².